The lowest BCUT2D eigenvalue weighted by molar-refractivity contribution is -0.142. The van der Waals surface area contributed by atoms with E-state index in [0.29, 0.717) is 33.5 Å². The molecule has 5 rings (SSSR count). The van der Waals surface area contributed by atoms with Crippen molar-refractivity contribution in [2.45, 2.75) is 38.1 Å². The third-order valence-electron chi connectivity index (χ3n) is 6.05. The molecule has 2 aromatic carbocycles. The van der Waals surface area contributed by atoms with Crippen molar-refractivity contribution in [3.05, 3.63) is 65.9 Å². The maximum atomic E-state index is 13.2. The van der Waals surface area contributed by atoms with Crippen molar-refractivity contribution in [3.63, 3.8) is 0 Å². The smallest absolute Gasteiger partial charge is 0.322 e. The second kappa shape index (κ2) is 8.12. The van der Waals surface area contributed by atoms with Crippen LogP contribution >= 0.6 is 0 Å². The molecule has 1 atom stereocenters. The molecule has 0 radical (unpaired) electrons. The van der Waals surface area contributed by atoms with Crippen LogP contribution in [0.3, 0.4) is 0 Å². The molecule has 3 amide bonds. The lowest BCUT2D eigenvalue weighted by Gasteiger charge is -2.29. The lowest BCUT2D eigenvalue weighted by Crippen LogP contribution is -2.52. The van der Waals surface area contributed by atoms with Crippen molar-refractivity contribution in [2.24, 2.45) is 0 Å². The topological polar surface area (TPSA) is 84.3 Å². The van der Waals surface area contributed by atoms with Gasteiger partial charge in [-0.05, 0) is 29.7 Å². The van der Waals surface area contributed by atoms with E-state index in [9.17, 15) is 27.6 Å². The molecule has 34 heavy (non-hydrogen) atoms. The van der Waals surface area contributed by atoms with Crippen molar-refractivity contribution in [3.8, 4) is 22.4 Å². The minimum Gasteiger partial charge on any atom is -0.322 e. The Morgan fingerprint density at radius 1 is 1.00 bits per heavy atom. The first-order chi connectivity index (χ1) is 16.2. The Labute approximate surface area is 192 Å². The molecule has 0 aliphatic carbocycles. The Morgan fingerprint density at radius 2 is 1.76 bits per heavy atom. The Bertz CT molecular complexity index is 1300. The number of carbonyl (C=O) groups is 3. The second-order valence-corrected chi connectivity index (χ2v) is 8.32. The van der Waals surface area contributed by atoms with Gasteiger partial charge in [0.15, 0.2) is 0 Å². The van der Waals surface area contributed by atoms with Gasteiger partial charge in [0.1, 0.15) is 12.6 Å². The van der Waals surface area contributed by atoms with Gasteiger partial charge in [-0.2, -0.15) is 18.3 Å². The average molecular weight is 468 g/mol. The van der Waals surface area contributed by atoms with E-state index >= 15 is 0 Å². The largest absolute Gasteiger partial charge is 0.408 e. The Kier molecular flexibility index (Phi) is 5.22. The fourth-order valence-corrected chi connectivity index (χ4v) is 4.53. The minimum atomic E-state index is -4.44. The van der Waals surface area contributed by atoms with Crippen LogP contribution in [0.15, 0.2) is 54.7 Å². The number of halogens is 3. The normalized spacial score (nSPS) is 18.3. The number of piperidine rings is 1. The monoisotopic (exact) mass is 468 g/mol. The third kappa shape index (κ3) is 3.95. The number of rotatable bonds is 4. The van der Waals surface area contributed by atoms with E-state index in [2.05, 4.69) is 10.4 Å². The SMILES string of the molecule is O=C1CCC(N2Cc3cc(-c4cnn(CC(F)(F)F)c4-c4ccccc4)ccc3C2=O)C(=O)N1. The number of imide groups is 1. The van der Waals surface area contributed by atoms with Crippen LogP contribution in [0.1, 0.15) is 28.8 Å². The van der Waals surface area contributed by atoms with E-state index in [-0.39, 0.29) is 31.2 Å². The Morgan fingerprint density at radius 3 is 2.47 bits per heavy atom. The summed E-state index contributed by atoms with van der Waals surface area (Å²) >= 11 is 0. The van der Waals surface area contributed by atoms with Crippen LogP contribution in [0, 0.1) is 0 Å². The summed E-state index contributed by atoms with van der Waals surface area (Å²) in [6, 6.07) is 13.0. The van der Waals surface area contributed by atoms with Gasteiger partial charge in [0.25, 0.3) is 5.91 Å². The van der Waals surface area contributed by atoms with Crippen LogP contribution in [0.25, 0.3) is 22.4 Å². The Balaban J connectivity index is 1.51. The van der Waals surface area contributed by atoms with Crippen LogP contribution in [0.4, 0.5) is 13.2 Å². The van der Waals surface area contributed by atoms with Crippen LogP contribution in [0.5, 0.6) is 0 Å². The van der Waals surface area contributed by atoms with E-state index in [1.165, 1.54) is 11.1 Å². The summed E-state index contributed by atoms with van der Waals surface area (Å²) in [5.41, 5.74) is 3.12. The van der Waals surface area contributed by atoms with Crippen LogP contribution < -0.4 is 5.32 Å². The van der Waals surface area contributed by atoms with E-state index in [0.717, 1.165) is 4.68 Å². The second-order valence-electron chi connectivity index (χ2n) is 8.32. The molecule has 0 saturated carbocycles. The van der Waals surface area contributed by atoms with Crippen LogP contribution in [0.2, 0.25) is 0 Å². The summed E-state index contributed by atoms with van der Waals surface area (Å²) in [5.74, 6) is -1.18. The lowest BCUT2D eigenvalue weighted by atomic mass is 9.98. The van der Waals surface area contributed by atoms with Gasteiger partial charge in [-0.3, -0.25) is 24.4 Å². The molecule has 174 valence electrons. The zero-order chi connectivity index (χ0) is 24.0. The summed E-state index contributed by atoms with van der Waals surface area (Å²) < 4.78 is 40.5. The number of nitrogens with one attached hydrogen (secondary N) is 1. The molecule has 2 aliphatic rings. The first-order valence-corrected chi connectivity index (χ1v) is 10.7. The summed E-state index contributed by atoms with van der Waals surface area (Å²) in [7, 11) is 0. The Hall–Kier alpha value is -3.95. The van der Waals surface area contributed by atoms with E-state index < -0.39 is 24.7 Å². The number of carbonyl (C=O) groups excluding carboxylic acids is 3. The molecular weight excluding hydrogens is 449 g/mol. The van der Waals surface area contributed by atoms with Gasteiger partial charge >= 0.3 is 6.18 Å². The zero-order valence-corrected chi connectivity index (χ0v) is 17.8. The molecule has 1 fully saturated rings. The predicted octanol–water partition coefficient (Wildman–Crippen LogP) is 3.54. The molecule has 0 bridgehead atoms. The van der Waals surface area contributed by atoms with Crippen molar-refractivity contribution in [1.82, 2.24) is 20.0 Å². The third-order valence-corrected chi connectivity index (χ3v) is 6.05. The molecule has 0 spiro atoms. The van der Waals surface area contributed by atoms with Crippen LogP contribution in [-0.2, 0) is 22.7 Å². The van der Waals surface area contributed by atoms with E-state index in [1.54, 1.807) is 48.5 Å². The number of hydrogen-bond acceptors (Lipinski definition) is 4. The number of nitrogens with zero attached hydrogens (tertiary/aromatic N) is 3. The minimum absolute atomic E-state index is 0.153. The maximum absolute atomic E-state index is 13.2. The molecule has 1 N–H and O–H groups in total. The van der Waals surface area contributed by atoms with Gasteiger partial charge in [-0.1, -0.05) is 36.4 Å². The summed E-state index contributed by atoms with van der Waals surface area (Å²) in [5, 5.41) is 6.27. The van der Waals surface area contributed by atoms with Gasteiger partial charge < -0.3 is 4.90 Å². The van der Waals surface area contributed by atoms with E-state index in [1.807, 2.05) is 0 Å². The standard InChI is InChI=1S/C24H19F3N4O3/c25-24(26,27)13-31-21(14-4-2-1-3-5-14)18(11-28-31)15-6-7-17-16(10-15)12-30(23(17)34)19-8-9-20(32)29-22(19)33/h1-7,10-11,19H,8-9,12-13H2,(H,29,32,33). The van der Waals surface area contributed by atoms with Gasteiger partial charge in [-0.15, -0.1) is 0 Å². The van der Waals surface area contributed by atoms with Crippen LogP contribution in [-0.4, -0.2) is 44.6 Å². The number of alkyl halides is 3. The molecule has 1 saturated heterocycles. The number of hydrogen-bond donors (Lipinski definition) is 1. The highest BCUT2D eigenvalue weighted by Gasteiger charge is 2.39. The molecule has 1 unspecified atom stereocenters. The molecule has 1 aromatic heterocycles. The van der Waals surface area contributed by atoms with E-state index in [4.69, 9.17) is 0 Å². The van der Waals surface area contributed by atoms with Gasteiger partial charge in [0.05, 0.1) is 11.9 Å². The fraction of sp³-hybridized carbons (Fsp3) is 0.250. The first kappa shape index (κ1) is 21.9. The zero-order valence-electron chi connectivity index (χ0n) is 17.8. The molecule has 2 aliphatic heterocycles. The fourth-order valence-electron chi connectivity index (χ4n) is 4.53. The highest BCUT2D eigenvalue weighted by molar-refractivity contribution is 6.05. The molecule has 3 heterocycles. The molecule has 7 nitrogen and oxygen atoms in total. The quantitative estimate of drug-likeness (QED) is 0.594. The van der Waals surface area contributed by atoms with Gasteiger partial charge in [-0.25, -0.2) is 0 Å². The average Bonchev–Trinajstić information content (AvgIpc) is 3.34. The van der Waals surface area contributed by atoms with Crippen molar-refractivity contribution in [2.75, 3.05) is 0 Å². The maximum Gasteiger partial charge on any atom is 0.408 e. The summed E-state index contributed by atoms with van der Waals surface area (Å²) in [6.07, 6.45) is -2.65. The van der Waals surface area contributed by atoms with Gasteiger partial charge in [0, 0.05) is 29.7 Å². The highest BCUT2D eigenvalue weighted by atomic mass is 19.4. The van der Waals surface area contributed by atoms with Crippen molar-refractivity contribution >= 4 is 17.7 Å². The number of fused-ring (bicyclic) bond motifs is 1. The molecule has 3 aromatic rings. The van der Waals surface area contributed by atoms with Gasteiger partial charge in [0.2, 0.25) is 11.8 Å². The number of amides is 3. The first-order valence-electron chi connectivity index (χ1n) is 10.7. The highest BCUT2D eigenvalue weighted by Crippen LogP contribution is 2.36. The van der Waals surface area contributed by atoms with Crippen molar-refractivity contribution in [1.29, 1.82) is 0 Å². The molecule has 10 heteroatoms. The summed E-state index contributed by atoms with van der Waals surface area (Å²) in [4.78, 5) is 38.1. The number of benzene rings is 2. The molecular formula is C24H19F3N4O3. The van der Waals surface area contributed by atoms with Crippen molar-refractivity contribution < 1.29 is 27.6 Å². The summed E-state index contributed by atoms with van der Waals surface area (Å²) in [6.45, 7) is -1.06. The predicted molar refractivity (Wildman–Crippen MR) is 115 cm³/mol. The number of aromatic nitrogens is 2.